The summed E-state index contributed by atoms with van der Waals surface area (Å²) in [6.07, 6.45) is 1.40. The Morgan fingerprint density at radius 2 is 2.38 bits per heavy atom. The summed E-state index contributed by atoms with van der Waals surface area (Å²) in [4.78, 5) is 14.4. The molecule has 1 N–H and O–H groups in total. The van der Waals surface area contributed by atoms with Crippen LogP contribution in [0.25, 0.3) is 11.1 Å². The molecule has 0 unspecified atom stereocenters. The highest BCUT2D eigenvalue weighted by Crippen LogP contribution is 2.23. The third-order valence-electron chi connectivity index (χ3n) is 1.51. The zero-order valence-electron chi connectivity index (χ0n) is 6.19. The minimum absolute atomic E-state index is 0.167. The Balaban J connectivity index is 2.83. The highest BCUT2D eigenvalue weighted by atomic mass is 35.5. The monoisotopic (exact) mass is 198 g/mol. The Kier molecular flexibility index (Phi) is 1.66. The zero-order chi connectivity index (χ0) is 9.42. The van der Waals surface area contributed by atoms with Gasteiger partial charge < -0.3 is 9.63 Å². The minimum atomic E-state index is -1.19. The fourth-order valence-corrected chi connectivity index (χ4v) is 1.14. The molecule has 0 aromatic carbocycles. The number of hydrogen-bond acceptors (Lipinski definition) is 4. The zero-order valence-corrected chi connectivity index (χ0v) is 6.95. The van der Waals surface area contributed by atoms with E-state index in [0.717, 1.165) is 0 Å². The van der Waals surface area contributed by atoms with E-state index in [4.69, 9.17) is 21.2 Å². The predicted octanol–water partition coefficient (Wildman–Crippen LogP) is 1.57. The van der Waals surface area contributed by atoms with E-state index in [0.29, 0.717) is 5.02 Å². The van der Waals surface area contributed by atoms with E-state index in [-0.39, 0.29) is 16.8 Å². The van der Waals surface area contributed by atoms with Crippen molar-refractivity contribution in [1.29, 1.82) is 0 Å². The average molecular weight is 199 g/mol. The Morgan fingerprint density at radius 1 is 1.62 bits per heavy atom. The molecule has 0 aliphatic rings. The second-order valence-electron chi connectivity index (χ2n) is 2.31. The van der Waals surface area contributed by atoms with Crippen molar-refractivity contribution in [3.63, 3.8) is 0 Å². The molecule has 0 atom stereocenters. The molecule has 0 aliphatic heterocycles. The molecular weight excluding hydrogens is 196 g/mol. The Bertz CT molecular complexity index is 480. The molecular formula is C7H3ClN2O3. The van der Waals surface area contributed by atoms with Gasteiger partial charge in [0.25, 0.3) is 0 Å². The fourth-order valence-electron chi connectivity index (χ4n) is 0.955. The van der Waals surface area contributed by atoms with Gasteiger partial charge in [-0.1, -0.05) is 16.8 Å². The molecule has 66 valence electrons. The molecule has 0 aliphatic carbocycles. The van der Waals surface area contributed by atoms with Gasteiger partial charge in [0.2, 0.25) is 11.3 Å². The first-order valence-electron chi connectivity index (χ1n) is 3.33. The van der Waals surface area contributed by atoms with Crippen LogP contribution in [0.5, 0.6) is 0 Å². The molecule has 0 saturated carbocycles. The lowest BCUT2D eigenvalue weighted by Crippen LogP contribution is -1.97. The van der Waals surface area contributed by atoms with Crippen LogP contribution in [-0.2, 0) is 0 Å². The van der Waals surface area contributed by atoms with Gasteiger partial charge in [0.05, 0.1) is 5.02 Å². The smallest absolute Gasteiger partial charge is 0.360 e. The van der Waals surface area contributed by atoms with Crippen molar-refractivity contribution in [2.24, 2.45) is 0 Å². The lowest BCUT2D eigenvalue weighted by molar-refractivity contribution is 0.0687. The molecule has 0 bridgehead atoms. The summed E-state index contributed by atoms with van der Waals surface area (Å²) < 4.78 is 4.72. The van der Waals surface area contributed by atoms with Crippen LogP contribution >= 0.6 is 11.6 Å². The lowest BCUT2D eigenvalue weighted by atomic mass is 10.3. The molecule has 0 amide bonds. The van der Waals surface area contributed by atoms with E-state index >= 15 is 0 Å². The van der Waals surface area contributed by atoms with Crippen molar-refractivity contribution in [3.8, 4) is 0 Å². The van der Waals surface area contributed by atoms with Crippen molar-refractivity contribution in [2.75, 3.05) is 0 Å². The van der Waals surface area contributed by atoms with Crippen LogP contribution in [-0.4, -0.2) is 21.2 Å². The molecule has 2 aromatic rings. The predicted molar refractivity (Wildman–Crippen MR) is 43.8 cm³/mol. The maximum atomic E-state index is 10.6. The van der Waals surface area contributed by atoms with Gasteiger partial charge >= 0.3 is 5.97 Å². The minimum Gasteiger partial charge on any atom is -0.476 e. The van der Waals surface area contributed by atoms with Gasteiger partial charge in [0, 0.05) is 6.20 Å². The van der Waals surface area contributed by atoms with Crippen LogP contribution in [0.15, 0.2) is 16.8 Å². The summed E-state index contributed by atoms with van der Waals surface area (Å²) in [5.41, 5.74) is 0.138. The van der Waals surface area contributed by atoms with Crippen LogP contribution < -0.4 is 0 Å². The van der Waals surface area contributed by atoms with E-state index in [1.807, 2.05) is 0 Å². The first kappa shape index (κ1) is 8.00. The fraction of sp³-hybridized carbons (Fsp3) is 0. The van der Waals surface area contributed by atoms with Crippen LogP contribution in [0, 0.1) is 0 Å². The largest absolute Gasteiger partial charge is 0.476 e. The van der Waals surface area contributed by atoms with Gasteiger partial charge in [-0.25, -0.2) is 4.79 Å². The molecule has 0 fully saturated rings. The molecule has 2 rings (SSSR count). The van der Waals surface area contributed by atoms with E-state index in [1.54, 1.807) is 0 Å². The van der Waals surface area contributed by atoms with Gasteiger partial charge in [-0.05, 0) is 6.07 Å². The van der Waals surface area contributed by atoms with Crippen molar-refractivity contribution in [3.05, 3.63) is 23.0 Å². The van der Waals surface area contributed by atoms with Gasteiger partial charge in [-0.15, -0.1) is 0 Å². The first-order valence-corrected chi connectivity index (χ1v) is 3.71. The number of carbonyl (C=O) groups is 1. The Hall–Kier alpha value is -1.62. The number of carboxylic acid groups (broad SMARTS) is 1. The van der Waals surface area contributed by atoms with Crippen LogP contribution in [0.4, 0.5) is 0 Å². The summed E-state index contributed by atoms with van der Waals surface area (Å²) in [6, 6.07) is 1.50. The first-order chi connectivity index (χ1) is 6.20. The van der Waals surface area contributed by atoms with Gasteiger partial charge in [0.15, 0.2) is 0 Å². The maximum absolute atomic E-state index is 10.6. The summed E-state index contributed by atoms with van der Waals surface area (Å²) in [5, 5.41) is 12.3. The number of aromatic nitrogens is 2. The summed E-state index contributed by atoms with van der Waals surface area (Å²) >= 11 is 5.71. The highest BCUT2D eigenvalue weighted by molar-refractivity contribution is 6.34. The molecule has 0 saturated heterocycles. The van der Waals surface area contributed by atoms with Gasteiger partial charge in [-0.2, -0.15) is 0 Å². The number of rotatable bonds is 1. The molecule has 13 heavy (non-hydrogen) atoms. The third kappa shape index (κ3) is 1.13. The molecule has 0 spiro atoms. The molecule has 2 heterocycles. The van der Waals surface area contributed by atoms with Crippen molar-refractivity contribution < 1.29 is 14.4 Å². The van der Waals surface area contributed by atoms with Gasteiger partial charge in [-0.3, -0.25) is 4.98 Å². The van der Waals surface area contributed by atoms with E-state index in [1.165, 1.54) is 12.3 Å². The standard InChI is InChI=1S/C7H3ClN2O3/c8-3-1-2-9-4-5(7(11)12)10-13-6(3)4/h1-2H,(H,11,12). The van der Waals surface area contributed by atoms with Crippen molar-refractivity contribution >= 4 is 28.7 Å². The molecule has 6 heteroatoms. The Morgan fingerprint density at radius 3 is 3.08 bits per heavy atom. The van der Waals surface area contributed by atoms with E-state index in [2.05, 4.69) is 10.1 Å². The highest BCUT2D eigenvalue weighted by Gasteiger charge is 2.17. The van der Waals surface area contributed by atoms with Crippen LogP contribution in [0.3, 0.4) is 0 Å². The molecule has 0 radical (unpaired) electrons. The summed E-state index contributed by atoms with van der Waals surface area (Å²) in [6.45, 7) is 0. The Labute approximate surface area is 76.9 Å². The van der Waals surface area contributed by atoms with Crippen LogP contribution in [0.2, 0.25) is 5.02 Å². The van der Waals surface area contributed by atoms with Gasteiger partial charge in [0.1, 0.15) is 5.52 Å². The van der Waals surface area contributed by atoms with Crippen molar-refractivity contribution in [2.45, 2.75) is 0 Å². The number of fused-ring (bicyclic) bond motifs is 1. The maximum Gasteiger partial charge on any atom is 0.360 e. The second-order valence-corrected chi connectivity index (χ2v) is 2.71. The number of pyridine rings is 1. The third-order valence-corrected chi connectivity index (χ3v) is 1.81. The van der Waals surface area contributed by atoms with Crippen LogP contribution in [0.1, 0.15) is 10.5 Å². The number of aromatic carboxylic acids is 1. The summed E-state index contributed by atoms with van der Waals surface area (Å²) in [5.74, 6) is -1.19. The molecule has 2 aromatic heterocycles. The second kappa shape index (κ2) is 2.70. The van der Waals surface area contributed by atoms with Crippen molar-refractivity contribution in [1.82, 2.24) is 10.1 Å². The summed E-state index contributed by atoms with van der Waals surface area (Å²) in [7, 11) is 0. The normalized spacial score (nSPS) is 10.5. The number of carboxylic acids is 1. The quantitative estimate of drug-likeness (QED) is 0.753. The average Bonchev–Trinajstić information content (AvgIpc) is 2.48. The SMILES string of the molecule is O=C(O)c1noc2c(Cl)ccnc12. The number of halogens is 1. The lowest BCUT2D eigenvalue weighted by Gasteiger charge is -1.88. The number of hydrogen-bond donors (Lipinski definition) is 1. The van der Waals surface area contributed by atoms with E-state index < -0.39 is 5.97 Å². The molecule has 5 nitrogen and oxygen atoms in total. The number of nitrogens with zero attached hydrogens (tertiary/aromatic N) is 2. The van der Waals surface area contributed by atoms with E-state index in [9.17, 15) is 4.79 Å². The topological polar surface area (TPSA) is 76.2 Å².